The third-order valence-electron chi connectivity index (χ3n) is 2.76. The zero-order valence-corrected chi connectivity index (χ0v) is 12.4. The summed E-state index contributed by atoms with van der Waals surface area (Å²) in [5.74, 6) is 0.0258. The molecule has 0 amide bonds. The number of hydrazone groups is 1. The number of hydrogen-bond acceptors (Lipinski definition) is 5. The molecule has 2 rings (SSSR count). The number of aromatic nitrogens is 1. The molecule has 0 radical (unpaired) electrons. The number of hydrogen-bond donors (Lipinski definition) is 3. The molecular weight excluding hydrogens is 322 g/mol. The van der Waals surface area contributed by atoms with E-state index in [4.69, 9.17) is 0 Å². The number of aliphatic hydroxyl groups excluding tert-OH is 1. The summed E-state index contributed by atoms with van der Waals surface area (Å²) >= 11 is 3.35. The van der Waals surface area contributed by atoms with Crippen molar-refractivity contribution in [3.63, 3.8) is 0 Å². The van der Waals surface area contributed by atoms with Crippen molar-refractivity contribution in [3.05, 3.63) is 51.8 Å². The first-order valence-corrected chi connectivity index (χ1v) is 6.74. The molecule has 0 aliphatic rings. The second kappa shape index (κ2) is 6.49. The number of rotatable bonds is 4. The van der Waals surface area contributed by atoms with Crippen molar-refractivity contribution in [3.8, 4) is 5.75 Å². The van der Waals surface area contributed by atoms with E-state index in [1.807, 2.05) is 24.3 Å². The molecule has 0 saturated carbocycles. The quantitative estimate of drug-likeness (QED) is 0.593. The molecule has 0 fully saturated rings. The summed E-state index contributed by atoms with van der Waals surface area (Å²) in [4.78, 5) is 3.99. The van der Waals surface area contributed by atoms with Crippen molar-refractivity contribution in [1.29, 1.82) is 0 Å². The maximum absolute atomic E-state index is 9.94. The minimum Gasteiger partial charge on any atom is -0.505 e. The highest BCUT2D eigenvalue weighted by Crippen LogP contribution is 2.22. The number of benzene rings is 1. The van der Waals surface area contributed by atoms with Gasteiger partial charge in [0.1, 0.15) is 5.75 Å². The van der Waals surface area contributed by atoms with E-state index in [0.29, 0.717) is 16.8 Å². The fraction of sp³-hybridized carbons (Fsp3) is 0.143. The van der Waals surface area contributed by atoms with Crippen LogP contribution in [-0.2, 0) is 6.61 Å². The molecule has 104 valence electrons. The lowest BCUT2D eigenvalue weighted by Crippen LogP contribution is -1.99. The predicted molar refractivity (Wildman–Crippen MR) is 81.9 cm³/mol. The van der Waals surface area contributed by atoms with E-state index in [0.717, 1.165) is 10.2 Å². The zero-order chi connectivity index (χ0) is 14.5. The maximum atomic E-state index is 9.94. The van der Waals surface area contributed by atoms with Crippen molar-refractivity contribution in [1.82, 2.24) is 4.98 Å². The van der Waals surface area contributed by atoms with Gasteiger partial charge in [0.2, 0.25) is 0 Å². The van der Waals surface area contributed by atoms with Gasteiger partial charge in [-0.2, -0.15) is 5.10 Å². The largest absolute Gasteiger partial charge is 0.505 e. The van der Waals surface area contributed by atoms with E-state index < -0.39 is 0 Å². The van der Waals surface area contributed by atoms with Crippen molar-refractivity contribution in [2.45, 2.75) is 13.5 Å². The average Bonchev–Trinajstić information content (AvgIpc) is 2.46. The Balaban J connectivity index is 2.19. The van der Waals surface area contributed by atoms with Crippen molar-refractivity contribution < 1.29 is 10.2 Å². The fourth-order valence-corrected chi connectivity index (χ4v) is 1.88. The van der Waals surface area contributed by atoms with Crippen LogP contribution in [-0.4, -0.2) is 21.4 Å². The number of nitrogens with zero attached hydrogens (tertiary/aromatic N) is 2. The Labute approximate surface area is 125 Å². The van der Waals surface area contributed by atoms with Crippen LogP contribution < -0.4 is 5.43 Å². The lowest BCUT2D eigenvalue weighted by Gasteiger charge is -2.07. The Hall–Kier alpha value is -1.92. The van der Waals surface area contributed by atoms with E-state index >= 15 is 0 Å². The molecule has 2 aromatic rings. The number of pyridine rings is 1. The molecule has 0 spiro atoms. The number of halogens is 1. The fourth-order valence-electron chi connectivity index (χ4n) is 1.62. The maximum Gasteiger partial charge on any atom is 0.145 e. The summed E-state index contributed by atoms with van der Waals surface area (Å²) in [6.45, 7) is 1.48. The van der Waals surface area contributed by atoms with Gasteiger partial charge in [-0.3, -0.25) is 10.4 Å². The molecule has 0 saturated heterocycles. The number of anilines is 1. The van der Waals surface area contributed by atoms with Gasteiger partial charge in [0.15, 0.2) is 0 Å². The monoisotopic (exact) mass is 335 g/mol. The molecule has 3 N–H and O–H groups in total. The molecule has 0 aliphatic carbocycles. The third kappa shape index (κ3) is 3.34. The Kier molecular flexibility index (Phi) is 4.70. The Morgan fingerprint density at radius 2 is 2.05 bits per heavy atom. The van der Waals surface area contributed by atoms with E-state index in [2.05, 4.69) is 31.4 Å². The second-order valence-corrected chi connectivity index (χ2v) is 5.08. The highest BCUT2D eigenvalue weighted by atomic mass is 79.9. The van der Waals surface area contributed by atoms with Crippen LogP contribution in [0, 0.1) is 6.92 Å². The molecule has 0 atom stereocenters. The predicted octanol–water partition coefficient (Wildman–Crippen LogP) is 2.80. The molecule has 1 aromatic heterocycles. The van der Waals surface area contributed by atoms with Gasteiger partial charge in [0, 0.05) is 21.8 Å². The molecule has 20 heavy (non-hydrogen) atoms. The lowest BCUT2D eigenvalue weighted by atomic mass is 10.1. The van der Waals surface area contributed by atoms with Crippen LogP contribution in [0.1, 0.15) is 16.8 Å². The van der Waals surface area contributed by atoms with Gasteiger partial charge in [0.05, 0.1) is 24.2 Å². The van der Waals surface area contributed by atoms with Crippen molar-refractivity contribution in [2.24, 2.45) is 5.10 Å². The lowest BCUT2D eigenvalue weighted by molar-refractivity contribution is 0.280. The van der Waals surface area contributed by atoms with Crippen LogP contribution in [0.15, 0.2) is 40.0 Å². The zero-order valence-electron chi connectivity index (χ0n) is 10.8. The van der Waals surface area contributed by atoms with Crippen LogP contribution in [0.2, 0.25) is 0 Å². The first-order valence-electron chi connectivity index (χ1n) is 5.94. The van der Waals surface area contributed by atoms with E-state index in [-0.39, 0.29) is 12.4 Å². The normalized spacial score (nSPS) is 10.9. The molecule has 0 bridgehead atoms. The third-order valence-corrected chi connectivity index (χ3v) is 3.29. The number of aryl methyl sites for hydroxylation is 1. The van der Waals surface area contributed by atoms with E-state index in [1.165, 1.54) is 12.4 Å². The van der Waals surface area contributed by atoms with Gasteiger partial charge in [-0.05, 0) is 31.2 Å². The molecule has 0 unspecified atom stereocenters. The molecule has 5 nitrogen and oxygen atoms in total. The summed E-state index contributed by atoms with van der Waals surface area (Å²) in [6.07, 6.45) is 2.99. The summed E-state index contributed by atoms with van der Waals surface area (Å²) in [6, 6.07) is 7.52. The number of aliphatic hydroxyl groups is 1. The summed E-state index contributed by atoms with van der Waals surface area (Å²) < 4.78 is 0.983. The van der Waals surface area contributed by atoms with Crippen LogP contribution in [0.5, 0.6) is 5.75 Å². The summed E-state index contributed by atoms with van der Waals surface area (Å²) in [5.41, 5.74) is 5.15. The highest BCUT2D eigenvalue weighted by molar-refractivity contribution is 9.10. The van der Waals surface area contributed by atoms with Gasteiger partial charge in [0.25, 0.3) is 0 Å². The standard InChI is InChI=1S/C14H14BrN3O2/c1-9-14(20)13(10(8-19)6-16-9)7-17-18-12-4-2-11(15)3-5-12/h2-7,18-20H,8H2,1H3. The van der Waals surface area contributed by atoms with Crippen molar-refractivity contribution in [2.75, 3.05) is 5.43 Å². The molecule has 1 heterocycles. The van der Waals surface area contributed by atoms with Crippen LogP contribution in [0.4, 0.5) is 5.69 Å². The minimum atomic E-state index is -0.208. The smallest absolute Gasteiger partial charge is 0.145 e. The Morgan fingerprint density at radius 3 is 2.70 bits per heavy atom. The van der Waals surface area contributed by atoms with Gasteiger partial charge in [-0.1, -0.05) is 15.9 Å². The first-order chi connectivity index (χ1) is 9.61. The first kappa shape index (κ1) is 14.5. The molecule has 1 aromatic carbocycles. The van der Waals surface area contributed by atoms with Crippen LogP contribution in [0.25, 0.3) is 0 Å². The summed E-state index contributed by atoms with van der Waals surface area (Å²) in [5, 5.41) is 23.2. The Morgan fingerprint density at radius 1 is 1.35 bits per heavy atom. The topological polar surface area (TPSA) is 77.7 Å². The molecule has 0 aliphatic heterocycles. The number of nitrogens with one attached hydrogen (secondary N) is 1. The molecule has 6 heteroatoms. The minimum absolute atomic E-state index is 0.0258. The molecular formula is C14H14BrN3O2. The van der Waals surface area contributed by atoms with Crippen molar-refractivity contribution >= 4 is 27.8 Å². The van der Waals surface area contributed by atoms with Crippen LogP contribution >= 0.6 is 15.9 Å². The van der Waals surface area contributed by atoms with Gasteiger partial charge < -0.3 is 10.2 Å². The second-order valence-electron chi connectivity index (χ2n) is 4.17. The van der Waals surface area contributed by atoms with Gasteiger partial charge in [-0.25, -0.2) is 0 Å². The Bertz CT molecular complexity index is 627. The average molecular weight is 336 g/mol. The highest BCUT2D eigenvalue weighted by Gasteiger charge is 2.09. The van der Waals surface area contributed by atoms with E-state index in [9.17, 15) is 10.2 Å². The summed E-state index contributed by atoms with van der Waals surface area (Å²) in [7, 11) is 0. The number of aromatic hydroxyl groups is 1. The van der Waals surface area contributed by atoms with Gasteiger partial charge in [-0.15, -0.1) is 0 Å². The SMILES string of the molecule is Cc1ncc(CO)c(C=NNc2ccc(Br)cc2)c1O. The van der Waals surface area contributed by atoms with E-state index in [1.54, 1.807) is 6.92 Å². The van der Waals surface area contributed by atoms with Crippen LogP contribution in [0.3, 0.4) is 0 Å². The van der Waals surface area contributed by atoms with Gasteiger partial charge >= 0.3 is 0 Å².